The van der Waals surface area contributed by atoms with Crippen molar-refractivity contribution in [3.63, 3.8) is 0 Å². The Bertz CT molecular complexity index is 393. The summed E-state index contributed by atoms with van der Waals surface area (Å²) in [6.07, 6.45) is 4.15. The fourth-order valence-electron chi connectivity index (χ4n) is 1.40. The predicted octanol–water partition coefficient (Wildman–Crippen LogP) is 2.27. The lowest BCUT2D eigenvalue weighted by atomic mass is 9.93. The van der Waals surface area contributed by atoms with Gasteiger partial charge in [-0.2, -0.15) is 0 Å². The zero-order valence-corrected chi connectivity index (χ0v) is 9.55. The molecule has 1 aromatic heterocycles. The lowest BCUT2D eigenvalue weighted by Gasteiger charge is -2.26. The Kier molecular flexibility index (Phi) is 3.00. The van der Waals surface area contributed by atoms with E-state index in [1.165, 1.54) is 6.07 Å². The van der Waals surface area contributed by atoms with Crippen LogP contribution < -0.4 is 5.32 Å². The lowest BCUT2D eigenvalue weighted by molar-refractivity contribution is 0.0912. The largest absolute Gasteiger partial charge is 0.349 e. The second-order valence-electron chi connectivity index (χ2n) is 3.59. The summed E-state index contributed by atoms with van der Waals surface area (Å²) in [6.45, 7) is 0. The number of carbonyl (C=O) groups excluding carboxylic acids is 1. The number of pyridine rings is 1. The van der Waals surface area contributed by atoms with E-state index in [1.54, 1.807) is 0 Å². The standard InChI is InChI=1S/C10H10BrFN2O/c11-9-4-7(8(12)5-13-9)10(15)14-6-2-1-3-6/h4-6H,1-3H2,(H,14,15). The molecule has 15 heavy (non-hydrogen) atoms. The minimum atomic E-state index is -0.588. The molecule has 1 saturated carbocycles. The second kappa shape index (κ2) is 4.26. The van der Waals surface area contributed by atoms with Crippen LogP contribution in [0.4, 0.5) is 4.39 Å². The molecule has 1 heterocycles. The van der Waals surface area contributed by atoms with Gasteiger partial charge < -0.3 is 5.32 Å². The van der Waals surface area contributed by atoms with Gasteiger partial charge in [0.05, 0.1) is 11.8 Å². The number of halogens is 2. The highest BCUT2D eigenvalue weighted by Gasteiger charge is 2.21. The Hall–Kier alpha value is -0.970. The number of aromatic nitrogens is 1. The quantitative estimate of drug-likeness (QED) is 0.840. The highest BCUT2D eigenvalue weighted by molar-refractivity contribution is 9.10. The van der Waals surface area contributed by atoms with Gasteiger partial charge in [-0.15, -0.1) is 0 Å². The van der Waals surface area contributed by atoms with E-state index in [4.69, 9.17) is 0 Å². The minimum absolute atomic E-state index is 0.0452. The molecule has 1 fully saturated rings. The maximum atomic E-state index is 13.2. The average molecular weight is 273 g/mol. The van der Waals surface area contributed by atoms with Gasteiger partial charge in [0.25, 0.3) is 5.91 Å². The molecule has 0 spiro atoms. The summed E-state index contributed by atoms with van der Waals surface area (Å²) in [4.78, 5) is 15.3. The van der Waals surface area contributed by atoms with E-state index in [0.717, 1.165) is 25.5 Å². The molecule has 0 unspecified atom stereocenters. The molecule has 80 valence electrons. The Morgan fingerprint density at radius 2 is 2.33 bits per heavy atom. The summed E-state index contributed by atoms with van der Waals surface area (Å²) in [5.41, 5.74) is 0.0452. The molecule has 5 heteroatoms. The first-order chi connectivity index (χ1) is 7.16. The first-order valence-corrected chi connectivity index (χ1v) is 5.58. The Morgan fingerprint density at radius 1 is 1.60 bits per heavy atom. The van der Waals surface area contributed by atoms with Crippen molar-refractivity contribution in [2.24, 2.45) is 0 Å². The van der Waals surface area contributed by atoms with Crippen molar-refractivity contribution in [2.75, 3.05) is 0 Å². The number of hydrogen-bond acceptors (Lipinski definition) is 2. The van der Waals surface area contributed by atoms with Gasteiger partial charge in [0.1, 0.15) is 4.60 Å². The first-order valence-electron chi connectivity index (χ1n) is 4.79. The molecule has 1 amide bonds. The second-order valence-corrected chi connectivity index (χ2v) is 4.40. The van der Waals surface area contributed by atoms with Crippen LogP contribution in [-0.4, -0.2) is 16.9 Å². The smallest absolute Gasteiger partial charge is 0.254 e. The summed E-state index contributed by atoms with van der Waals surface area (Å²) in [5, 5.41) is 2.77. The fourth-order valence-corrected chi connectivity index (χ4v) is 1.73. The van der Waals surface area contributed by atoms with E-state index < -0.39 is 5.82 Å². The fraction of sp³-hybridized carbons (Fsp3) is 0.400. The van der Waals surface area contributed by atoms with Crippen LogP contribution in [0.5, 0.6) is 0 Å². The summed E-state index contributed by atoms with van der Waals surface area (Å²) >= 11 is 3.10. The van der Waals surface area contributed by atoms with E-state index in [2.05, 4.69) is 26.2 Å². The third-order valence-corrected chi connectivity index (χ3v) is 2.94. The van der Waals surface area contributed by atoms with Crippen molar-refractivity contribution < 1.29 is 9.18 Å². The van der Waals surface area contributed by atoms with Crippen molar-refractivity contribution in [1.29, 1.82) is 0 Å². The summed E-state index contributed by atoms with van der Waals surface area (Å²) < 4.78 is 13.7. The van der Waals surface area contributed by atoms with Gasteiger partial charge in [0.2, 0.25) is 0 Å². The number of nitrogens with one attached hydrogen (secondary N) is 1. The van der Waals surface area contributed by atoms with E-state index >= 15 is 0 Å². The van der Waals surface area contributed by atoms with Crippen LogP contribution in [0.1, 0.15) is 29.6 Å². The molecular formula is C10H10BrFN2O. The molecule has 0 atom stereocenters. The number of amides is 1. The predicted molar refractivity (Wildman–Crippen MR) is 57.0 cm³/mol. The van der Waals surface area contributed by atoms with Crippen molar-refractivity contribution in [3.8, 4) is 0 Å². The summed E-state index contributed by atoms with van der Waals surface area (Å²) in [7, 11) is 0. The van der Waals surface area contributed by atoms with Crippen molar-refractivity contribution in [1.82, 2.24) is 10.3 Å². The number of carbonyl (C=O) groups is 1. The molecule has 1 aromatic rings. The van der Waals surface area contributed by atoms with Crippen LogP contribution in [0, 0.1) is 5.82 Å². The maximum absolute atomic E-state index is 13.2. The molecule has 2 rings (SSSR count). The zero-order valence-electron chi connectivity index (χ0n) is 7.96. The van der Waals surface area contributed by atoms with Gasteiger partial charge in [-0.1, -0.05) is 0 Å². The SMILES string of the molecule is O=C(NC1CCC1)c1cc(Br)ncc1F. The van der Waals surface area contributed by atoms with Gasteiger partial charge >= 0.3 is 0 Å². The molecule has 1 aliphatic carbocycles. The number of hydrogen-bond donors (Lipinski definition) is 1. The van der Waals surface area contributed by atoms with Crippen molar-refractivity contribution in [2.45, 2.75) is 25.3 Å². The number of rotatable bonds is 2. The van der Waals surface area contributed by atoms with Crippen LogP contribution in [0.25, 0.3) is 0 Å². The molecule has 1 N–H and O–H groups in total. The zero-order chi connectivity index (χ0) is 10.8. The van der Waals surface area contributed by atoms with Crippen LogP contribution in [0.3, 0.4) is 0 Å². The highest BCUT2D eigenvalue weighted by atomic mass is 79.9. The van der Waals surface area contributed by atoms with Crippen LogP contribution in [0.15, 0.2) is 16.9 Å². The molecule has 0 aliphatic heterocycles. The molecule has 0 saturated heterocycles. The van der Waals surface area contributed by atoms with E-state index in [0.29, 0.717) is 4.60 Å². The van der Waals surface area contributed by atoms with Gasteiger partial charge in [0, 0.05) is 6.04 Å². The highest BCUT2D eigenvalue weighted by Crippen LogP contribution is 2.19. The van der Waals surface area contributed by atoms with Crippen LogP contribution >= 0.6 is 15.9 Å². The van der Waals surface area contributed by atoms with Gasteiger partial charge in [0.15, 0.2) is 5.82 Å². The van der Waals surface area contributed by atoms with Crippen molar-refractivity contribution in [3.05, 3.63) is 28.2 Å². The molecule has 0 bridgehead atoms. The number of nitrogens with zero attached hydrogens (tertiary/aromatic N) is 1. The third-order valence-electron chi connectivity index (χ3n) is 2.51. The third kappa shape index (κ3) is 2.34. The summed E-state index contributed by atoms with van der Waals surface area (Å²) in [5.74, 6) is -0.949. The Labute approximate surface area is 95.2 Å². The van der Waals surface area contributed by atoms with Gasteiger partial charge in [-0.3, -0.25) is 4.79 Å². The Morgan fingerprint density at radius 3 is 2.93 bits per heavy atom. The maximum Gasteiger partial charge on any atom is 0.254 e. The van der Waals surface area contributed by atoms with Gasteiger partial charge in [-0.25, -0.2) is 9.37 Å². The lowest BCUT2D eigenvalue weighted by Crippen LogP contribution is -2.39. The van der Waals surface area contributed by atoms with Gasteiger partial charge in [-0.05, 0) is 41.3 Å². The monoisotopic (exact) mass is 272 g/mol. The van der Waals surface area contributed by atoms with E-state index in [9.17, 15) is 9.18 Å². The molecule has 0 radical (unpaired) electrons. The van der Waals surface area contributed by atoms with E-state index in [-0.39, 0.29) is 17.5 Å². The van der Waals surface area contributed by atoms with Crippen LogP contribution in [-0.2, 0) is 0 Å². The van der Waals surface area contributed by atoms with Crippen LogP contribution in [0.2, 0.25) is 0 Å². The molecule has 3 nitrogen and oxygen atoms in total. The normalized spacial score (nSPS) is 15.9. The molecular weight excluding hydrogens is 263 g/mol. The minimum Gasteiger partial charge on any atom is -0.349 e. The Balaban J connectivity index is 2.12. The first kappa shape index (κ1) is 10.5. The molecule has 0 aromatic carbocycles. The van der Waals surface area contributed by atoms with Crippen molar-refractivity contribution >= 4 is 21.8 Å². The van der Waals surface area contributed by atoms with E-state index in [1.807, 2.05) is 0 Å². The topological polar surface area (TPSA) is 42.0 Å². The average Bonchev–Trinajstić information content (AvgIpc) is 2.15. The summed E-state index contributed by atoms with van der Waals surface area (Å²) in [6, 6.07) is 1.60. The molecule has 1 aliphatic rings.